The Bertz CT molecular complexity index is 1140. The van der Waals surface area contributed by atoms with Gasteiger partial charge in [-0.05, 0) is 36.4 Å². The van der Waals surface area contributed by atoms with Crippen molar-refractivity contribution in [3.8, 4) is 22.1 Å². The van der Waals surface area contributed by atoms with Crippen LogP contribution in [0.4, 0.5) is 5.69 Å². The number of anilines is 1. The Morgan fingerprint density at radius 3 is 2.61 bits per heavy atom. The van der Waals surface area contributed by atoms with Crippen molar-refractivity contribution in [2.75, 3.05) is 11.9 Å². The largest absolute Gasteiger partial charge is 0.485 e. The molecular formula is C22H16N2O3S. The van der Waals surface area contributed by atoms with E-state index in [1.54, 1.807) is 17.4 Å². The average molecular weight is 388 g/mol. The summed E-state index contributed by atoms with van der Waals surface area (Å²) in [6, 6.07) is 23.0. The second kappa shape index (κ2) is 6.98. The zero-order chi connectivity index (χ0) is 18.9. The molecule has 138 valence electrons. The van der Waals surface area contributed by atoms with Crippen LogP contribution >= 0.6 is 11.3 Å². The van der Waals surface area contributed by atoms with Crippen LogP contribution in [0.2, 0.25) is 0 Å². The molecule has 0 saturated heterocycles. The Morgan fingerprint density at radius 1 is 0.964 bits per heavy atom. The molecule has 0 aliphatic carbocycles. The number of rotatable bonds is 3. The van der Waals surface area contributed by atoms with E-state index in [2.05, 4.69) is 5.32 Å². The highest BCUT2D eigenvalue weighted by Crippen LogP contribution is 2.35. The molecule has 0 saturated carbocycles. The molecule has 5 rings (SSSR count). The number of nitrogens with one attached hydrogen (secondary N) is 1. The van der Waals surface area contributed by atoms with Crippen molar-refractivity contribution in [2.45, 2.75) is 6.10 Å². The van der Waals surface area contributed by atoms with Crippen molar-refractivity contribution >= 4 is 33.1 Å². The summed E-state index contributed by atoms with van der Waals surface area (Å²) in [5.74, 6) is 0.984. The molecule has 1 amide bonds. The first kappa shape index (κ1) is 16.8. The van der Waals surface area contributed by atoms with Crippen LogP contribution < -0.4 is 14.8 Å². The normalized spacial score (nSPS) is 15.4. The number of hydrogen-bond acceptors (Lipinski definition) is 5. The quantitative estimate of drug-likeness (QED) is 0.551. The van der Waals surface area contributed by atoms with E-state index in [0.29, 0.717) is 17.2 Å². The number of ether oxygens (including phenoxy) is 2. The monoisotopic (exact) mass is 388 g/mol. The van der Waals surface area contributed by atoms with Crippen LogP contribution in [-0.4, -0.2) is 23.6 Å². The number of benzene rings is 3. The molecule has 6 heteroatoms. The van der Waals surface area contributed by atoms with Gasteiger partial charge in [0.1, 0.15) is 11.6 Å². The fraction of sp³-hybridized carbons (Fsp3) is 0.0909. The number of fused-ring (bicyclic) bond motifs is 2. The van der Waals surface area contributed by atoms with Crippen LogP contribution in [0.5, 0.6) is 11.5 Å². The molecule has 0 unspecified atom stereocenters. The van der Waals surface area contributed by atoms with Crippen LogP contribution in [0.1, 0.15) is 0 Å². The van der Waals surface area contributed by atoms with Crippen LogP contribution in [0.25, 0.3) is 20.8 Å². The van der Waals surface area contributed by atoms with Gasteiger partial charge in [0.05, 0.1) is 15.9 Å². The van der Waals surface area contributed by atoms with Gasteiger partial charge in [-0.15, -0.1) is 11.3 Å². The molecule has 4 aromatic rings. The maximum atomic E-state index is 12.8. The molecule has 1 aliphatic rings. The summed E-state index contributed by atoms with van der Waals surface area (Å²) in [6.07, 6.45) is -0.710. The van der Waals surface area contributed by atoms with Gasteiger partial charge in [-0.2, -0.15) is 0 Å². The number of carbonyl (C=O) groups excluding carboxylic acids is 1. The second-order valence-corrected chi connectivity index (χ2v) is 7.42. The van der Waals surface area contributed by atoms with Crippen molar-refractivity contribution < 1.29 is 14.3 Å². The fourth-order valence-corrected chi connectivity index (χ4v) is 4.13. The Labute approximate surface area is 165 Å². The molecular weight excluding hydrogens is 372 g/mol. The minimum atomic E-state index is -0.710. The maximum Gasteiger partial charge on any atom is 0.269 e. The van der Waals surface area contributed by atoms with Crippen molar-refractivity contribution in [3.63, 3.8) is 0 Å². The molecule has 0 radical (unpaired) electrons. The van der Waals surface area contributed by atoms with Crippen LogP contribution in [0, 0.1) is 0 Å². The topological polar surface area (TPSA) is 60.5 Å². The van der Waals surface area contributed by atoms with Crippen molar-refractivity contribution in [3.05, 3.63) is 72.8 Å². The summed E-state index contributed by atoms with van der Waals surface area (Å²) in [4.78, 5) is 17.5. The maximum absolute atomic E-state index is 12.8. The summed E-state index contributed by atoms with van der Waals surface area (Å²) in [5.41, 5.74) is 2.53. The molecule has 0 fully saturated rings. The van der Waals surface area contributed by atoms with Crippen LogP contribution in [-0.2, 0) is 4.79 Å². The van der Waals surface area contributed by atoms with Gasteiger partial charge in [0, 0.05) is 5.56 Å². The smallest absolute Gasteiger partial charge is 0.269 e. The minimum Gasteiger partial charge on any atom is -0.485 e. The Balaban J connectivity index is 1.41. The van der Waals surface area contributed by atoms with Crippen molar-refractivity contribution in [1.29, 1.82) is 0 Å². The minimum absolute atomic E-state index is 0.173. The summed E-state index contributed by atoms with van der Waals surface area (Å²) in [7, 11) is 0. The van der Waals surface area contributed by atoms with E-state index in [0.717, 1.165) is 20.8 Å². The standard InChI is InChI=1S/C22H16N2O3S/c25-21(19-13-26-17-10-4-5-11-18(17)27-19)23-15-8-2-1-7-14(15)22-24-16-9-3-6-12-20(16)28-22/h1-12,19H,13H2,(H,23,25)/t19-/m1/s1. The van der Waals surface area contributed by atoms with Crippen molar-refractivity contribution in [1.82, 2.24) is 4.98 Å². The predicted octanol–water partition coefficient (Wildman–Crippen LogP) is 4.74. The summed E-state index contributed by atoms with van der Waals surface area (Å²) in [6.45, 7) is 0.173. The molecule has 1 N–H and O–H groups in total. The lowest BCUT2D eigenvalue weighted by molar-refractivity contribution is -0.125. The lowest BCUT2D eigenvalue weighted by atomic mass is 10.1. The van der Waals surface area contributed by atoms with E-state index in [4.69, 9.17) is 14.5 Å². The third kappa shape index (κ3) is 3.08. The highest BCUT2D eigenvalue weighted by molar-refractivity contribution is 7.21. The molecule has 1 atom stereocenters. The Kier molecular flexibility index (Phi) is 4.18. The van der Waals surface area contributed by atoms with Gasteiger partial charge < -0.3 is 14.8 Å². The van der Waals surface area contributed by atoms with E-state index in [9.17, 15) is 4.79 Å². The average Bonchev–Trinajstić information content (AvgIpc) is 3.18. The molecule has 1 aromatic heterocycles. The lowest BCUT2D eigenvalue weighted by Gasteiger charge is -2.25. The number of hydrogen-bond donors (Lipinski definition) is 1. The van der Waals surface area contributed by atoms with Gasteiger partial charge in [-0.1, -0.05) is 36.4 Å². The first-order valence-corrected chi connectivity index (χ1v) is 9.74. The number of aromatic nitrogens is 1. The molecule has 28 heavy (non-hydrogen) atoms. The Hall–Kier alpha value is -3.38. The summed E-state index contributed by atoms with van der Waals surface area (Å²) in [5, 5.41) is 3.84. The van der Waals surface area contributed by atoms with Gasteiger partial charge in [0.2, 0.25) is 6.10 Å². The van der Waals surface area contributed by atoms with Crippen LogP contribution in [0.15, 0.2) is 72.8 Å². The van der Waals surface area contributed by atoms with Crippen molar-refractivity contribution in [2.24, 2.45) is 0 Å². The van der Waals surface area contributed by atoms with Crippen LogP contribution in [0.3, 0.4) is 0 Å². The Morgan fingerprint density at radius 2 is 1.71 bits per heavy atom. The molecule has 3 aromatic carbocycles. The van der Waals surface area contributed by atoms with E-state index in [-0.39, 0.29) is 12.5 Å². The third-order valence-corrected chi connectivity index (χ3v) is 5.58. The highest BCUT2D eigenvalue weighted by atomic mass is 32.1. The SMILES string of the molecule is O=C(Nc1ccccc1-c1nc2ccccc2s1)[C@H]1COc2ccccc2O1. The molecule has 0 bridgehead atoms. The summed E-state index contributed by atoms with van der Waals surface area (Å²) >= 11 is 1.60. The molecule has 1 aliphatic heterocycles. The second-order valence-electron chi connectivity index (χ2n) is 6.39. The number of para-hydroxylation sites is 4. The first-order chi connectivity index (χ1) is 13.8. The van der Waals surface area contributed by atoms with E-state index in [1.807, 2.05) is 66.7 Å². The van der Waals surface area contributed by atoms with Gasteiger partial charge in [0.25, 0.3) is 5.91 Å². The third-order valence-electron chi connectivity index (χ3n) is 4.51. The lowest BCUT2D eigenvalue weighted by Crippen LogP contribution is -2.40. The van der Waals surface area contributed by atoms with Gasteiger partial charge in [-0.25, -0.2) is 4.98 Å². The zero-order valence-corrected chi connectivity index (χ0v) is 15.6. The van der Waals surface area contributed by atoms with E-state index in [1.165, 1.54) is 0 Å². The molecule has 0 spiro atoms. The number of thiazole rings is 1. The first-order valence-electron chi connectivity index (χ1n) is 8.92. The molecule has 2 heterocycles. The van der Waals surface area contributed by atoms with E-state index >= 15 is 0 Å². The van der Waals surface area contributed by atoms with E-state index < -0.39 is 6.10 Å². The van der Waals surface area contributed by atoms with Gasteiger partial charge in [0.15, 0.2) is 11.5 Å². The fourth-order valence-electron chi connectivity index (χ4n) is 3.13. The molecule has 5 nitrogen and oxygen atoms in total. The number of nitrogens with zero attached hydrogens (tertiary/aromatic N) is 1. The zero-order valence-electron chi connectivity index (χ0n) is 14.8. The predicted molar refractivity (Wildman–Crippen MR) is 110 cm³/mol. The van der Waals surface area contributed by atoms with Gasteiger partial charge >= 0.3 is 0 Å². The summed E-state index contributed by atoms with van der Waals surface area (Å²) < 4.78 is 12.6. The highest BCUT2D eigenvalue weighted by Gasteiger charge is 2.28. The number of carbonyl (C=O) groups is 1. The van der Waals surface area contributed by atoms with Gasteiger partial charge in [-0.3, -0.25) is 4.79 Å². The number of amides is 1.